The predicted octanol–water partition coefficient (Wildman–Crippen LogP) is 1.36. The van der Waals surface area contributed by atoms with Crippen LogP contribution in [0.5, 0.6) is 0 Å². The lowest BCUT2D eigenvalue weighted by Gasteiger charge is -2.40. The zero-order valence-corrected chi connectivity index (χ0v) is 13.1. The van der Waals surface area contributed by atoms with E-state index in [2.05, 4.69) is 20.0 Å². The average molecular weight is 298 g/mol. The van der Waals surface area contributed by atoms with Crippen LogP contribution in [0.2, 0.25) is 0 Å². The summed E-state index contributed by atoms with van der Waals surface area (Å²) in [6, 6.07) is 0. The largest absolute Gasteiger partial charge is 0.301 e. The predicted molar refractivity (Wildman–Crippen MR) is 82.5 cm³/mol. The molecular weight excluding hydrogens is 276 g/mol. The standard InChI is InChI=1S/C16H22N6/c1-13-18-9-14-3-5-16(15(14)20-13)4-2-6-21(10-16)7-8-22-12-17-11-19-22/h9,11-12H,2-8,10H2,1H3. The van der Waals surface area contributed by atoms with Crippen LogP contribution >= 0.6 is 0 Å². The van der Waals surface area contributed by atoms with Crippen LogP contribution in [-0.4, -0.2) is 49.3 Å². The molecular formula is C16H22N6. The van der Waals surface area contributed by atoms with Gasteiger partial charge >= 0.3 is 0 Å². The number of hydrogen-bond donors (Lipinski definition) is 0. The maximum Gasteiger partial charge on any atom is 0.137 e. The minimum atomic E-state index is 0.254. The van der Waals surface area contributed by atoms with Gasteiger partial charge in [0.05, 0.1) is 12.2 Å². The van der Waals surface area contributed by atoms with Gasteiger partial charge in [-0.3, -0.25) is 4.68 Å². The average Bonchev–Trinajstić information content (AvgIpc) is 3.15. The zero-order valence-electron chi connectivity index (χ0n) is 13.1. The highest BCUT2D eigenvalue weighted by molar-refractivity contribution is 5.33. The Morgan fingerprint density at radius 1 is 1.27 bits per heavy atom. The number of hydrogen-bond acceptors (Lipinski definition) is 5. The van der Waals surface area contributed by atoms with Crippen LogP contribution in [0.25, 0.3) is 0 Å². The highest BCUT2D eigenvalue weighted by Gasteiger charge is 2.43. The lowest BCUT2D eigenvalue weighted by molar-refractivity contribution is 0.137. The molecule has 0 bridgehead atoms. The SMILES string of the molecule is Cc1ncc2c(n1)C1(CCCN(CCn3cncn3)C1)CC2. The van der Waals surface area contributed by atoms with Gasteiger partial charge in [-0.05, 0) is 44.7 Å². The van der Waals surface area contributed by atoms with Crippen LogP contribution < -0.4 is 0 Å². The van der Waals surface area contributed by atoms with Crippen molar-refractivity contribution in [1.82, 2.24) is 29.6 Å². The van der Waals surface area contributed by atoms with Crippen LogP contribution in [0.15, 0.2) is 18.9 Å². The molecule has 0 aromatic carbocycles. The van der Waals surface area contributed by atoms with E-state index in [-0.39, 0.29) is 5.41 Å². The first-order valence-corrected chi connectivity index (χ1v) is 8.13. The van der Waals surface area contributed by atoms with Crippen LogP contribution in [0, 0.1) is 6.92 Å². The van der Waals surface area contributed by atoms with Crippen molar-refractivity contribution in [2.24, 2.45) is 0 Å². The molecule has 116 valence electrons. The Balaban J connectivity index is 1.51. The monoisotopic (exact) mass is 298 g/mol. The number of aryl methyl sites for hydroxylation is 2. The van der Waals surface area contributed by atoms with Crippen molar-refractivity contribution >= 4 is 0 Å². The summed E-state index contributed by atoms with van der Waals surface area (Å²) in [6.45, 7) is 6.23. The Kier molecular flexibility index (Phi) is 3.41. The first-order valence-electron chi connectivity index (χ1n) is 8.13. The van der Waals surface area contributed by atoms with Crippen molar-refractivity contribution in [1.29, 1.82) is 0 Å². The molecule has 2 aromatic heterocycles. The van der Waals surface area contributed by atoms with Crippen molar-refractivity contribution in [3.05, 3.63) is 35.9 Å². The van der Waals surface area contributed by atoms with E-state index in [1.54, 1.807) is 12.7 Å². The number of fused-ring (bicyclic) bond motifs is 2. The van der Waals surface area contributed by atoms with E-state index in [9.17, 15) is 0 Å². The van der Waals surface area contributed by atoms with Crippen LogP contribution in [0.3, 0.4) is 0 Å². The number of nitrogens with zero attached hydrogens (tertiary/aromatic N) is 6. The minimum Gasteiger partial charge on any atom is -0.301 e. The lowest BCUT2D eigenvalue weighted by Crippen LogP contribution is -2.46. The Bertz CT molecular complexity index is 649. The maximum absolute atomic E-state index is 4.81. The molecule has 0 saturated carbocycles. The van der Waals surface area contributed by atoms with Gasteiger partial charge in [-0.2, -0.15) is 5.10 Å². The molecule has 6 heteroatoms. The van der Waals surface area contributed by atoms with Crippen molar-refractivity contribution in [2.75, 3.05) is 19.6 Å². The van der Waals surface area contributed by atoms with E-state index < -0.39 is 0 Å². The molecule has 0 N–H and O–H groups in total. The fourth-order valence-electron chi connectivity index (χ4n) is 4.04. The van der Waals surface area contributed by atoms with Gasteiger partial charge in [0.1, 0.15) is 18.5 Å². The van der Waals surface area contributed by atoms with Crippen molar-refractivity contribution in [2.45, 2.75) is 44.6 Å². The minimum absolute atomic E-state index is 0.254. The molecule has 1 saturated heterocycles. The topological polar surface area (TPSA) is 59.7 Å². The molecule has 1 spiro atoms. The molecule has 1 aliphatic heterocycles. The second-order valence-corrected chi connectivity index (χ2v) is 6.61. The summed E-state index contributed by atoms with van der Waals surface area (Å²) in [6.07, 6.45) is 10.3. The third kappa shape index (κ3) is 2.41. The molecule has 0 amide bonds. The molecule has 1 atom stereocenters. The van der Waals surface area contributed by atoms with Crippen molar-refractivity contribution in [3.8, 4) is 0 Å². The van der Waals surface area contributed by atoms with E-state index in [0.717, 1.165) is 31.9 Å². The van der Waals surface area contributed by atoms with Gasteiger partial charge in [0.2, 0.25) is 0 Å². The van der Waals surface area contributed by atoms with E-state index >= 15 is 0 Å². The van der Waals surface area contributed by atoms with E-state index in [1.807, 2.05) is 17.8 Å². The zero-order chi connectivity index (χ0) is 15.0. The van der Waals surface area contributed by atoms with E-state index in [4.69, 9.17) is 4.98 Å². The molecule has 1 unspecified atom stereocenters. The van der Waals surface area contributed by atoms with Crippen LogP contribution in [0.4, 0.5) is 0 Å². The van der Waals surface area contributed by atoms with Gasteiger partial charge in [0, 0.05) is 24.7 Å². The molecule has 6 nitrogen and oxygen atoms in total. The number of rotatable bonds is 3. The first kappa shape index (κ1) is 13.8. The molecule has 22 heavy (non-hydrogen) atoms. The normalized spacial score (nSPS) is 24.8. The van der Waals surface area contributed by atoms with Gasteiger partial charge in [-0.25, -0.2) is 15.0 Å². The number of likely N-dealkylation sites (tertiary alicyclic amines) is 1. The van der Waals surface area contributed by atoms with Gasteiger partial charge in [-0.1, -0.05) is 0 Å². The van der Waals surface area contributed by atoms with Gasteiger partial charge in [0.15, 0.2) is 0 Å². The van der Waals surface area contributed by atoms with Crippen molar-refractivity contribution < 1.29 is 0 Å². The molecule has 1 aliphatic carbocycles. The Morgan fingerprint density at radius 3 is 3.09 bits per heavy atom. The maximum atomic E-state index is 4.81. The molecule has 2 aromatic rings. The summed E-state index contributed by atoms with van der Waals surface area (Å²) < 4.78 is 1.91. The second-order valence-electron chi connectivity index (χ2n) is 6.61. The van der Waals surface area contributed by atoms with Crippen LogP contribution in [0.1, 0.15) is 36.3 Å². The molecule has 0 radical (unpaired) electrons. The molecule has 3 heterocycles. The molecule has 4 rings (SSSR count). The summed E-state index contributed by atoms with van der Waals surface area (Å²) in [5.74, 6) is 0.903. The summed E-state index contributed by atoms with van der Waals surface area (Å²) in [7, 11) is 0. The third-order valence-corrected chi connectivity index (χ3v) is 5.13. The van der Waals surface area contributed by atoms with E-state index in [0.29, 0.717) is 0 Å². The fraction of sp³-hybridized carbons (Fsp3) is 0.625. The van der Waals surface area contributed by atoms with Crippen molar-refractivity contribution in [3.63, 3.8) is 0 Å². The summed E-state index contributed by atoms with van der Waals surface area (Å²) in [5, 5.41) is 4.20. The molecule has 1 fully saturated rings. The highest BCUT2D eigenvalue weighted by Crippen LogP contribution is 2.43. The van der Waals surface area contributed by atoms with Gasteiger partial charge in [-0.15, -0.1) is 0 Å². The third-order valence-electron chi connectivity index (χ3n) is 5.13. The second kappa shape index (κ2) is 5.43. The highest BCUT2D eigenvalue weighted by atomic mass is 15.3. The quantitative estimate of drug-likeness (QED) is 0.856. The summed E-state index contributed by atoms with van der Waals surface area (Å²) in [5.41, 5.74) is 2.94. The number of piperidine rings is 1. The van der Waals surface area contributed by atoms with Gasteiger partial charge in [0.25, 0.3) is 0 Å². The number of aromatic nitrogens is 5. The van der Waals surface area contributed by atoms with Gasteiger partial charge < -0.3 is 4.90 Å². The molecule has 2 aliphatic rings. The van der Waals surface area contributed by atoms with Crippen LogP contribution in [-0.2, 0) is 18.4 Å². The first-order chi connectivity index (χ1) is 10.8. The summed E-state index contributed by atoms with van der Waals surface area (Å²) in [4.78, 5) is 15.8. The Labute approximate surface area is 130 Å². The Morgan fingerprint density at radius 2 is 2.23 bits per heavy atom. The summed E-state index contributed by atoms with van der Waals surface area (Å²) >= 11 is 0. The Hall–Kier alpha value is -1.82. The smallest absolute Gasteiger partial charge is 0.137 e. The van der Waals surface area contributed by atoms with E-state index in [1.165, 1.54) is 37.1 Å². The fourth-order valence-corrected chi connectivity index (χ4v) is 4.04. The lowest BCUT2D eigenvalue weighted by atomic mass is 9.77.